The molecule has 6 heteroatoms. The van der Waals surface area contributed by atoms with E-state index in [0.717, 1.165) is 0 Å². The summed E-state index contributed by atoms with van der Waals surface area (Å²) >= 11 is 0. The van der Waals surface area contributed by atoms with E-state index in [0.29, 0.717) is 0 Å². The lowest BCUT2D eigenvalue weighted by molar-refractivity contribution is -0.121. The van der Waals surface area contributed by atoms with Crippen LogP contribution in [0.1, 0.15) is 0 Å². The molecule has 1 aromatic rings. The molecular formula is C7H2F4O2. The predicted octanol–water partition coefficient (Wildman–Crippen LogP) is 1.78. The van der Waals surface area contributed by atoms with Crippen LogP contribution in [0.3, 0.4) is 0 Å². The normalized spacial score (nSPS) is 9.85. The highest BCUT2D eigenvalue weighted by molar-refractivity contribution is 5.46. The number of hydrogen-bond donors (Lipinski definition) is 0. The van der Waals surface area contributed by atoms with Crippen molar-refractivity contribution in [3.63, 3.8) is 0 Å². The fourth-order valence-corrected chi connectivity index (χ4v) is 0.703. The van der Waals surface area contributed by atoms with Crippen molar-refractivity contribution < 1.29 is 27.1 Å². The van der Waals surface area contributed by atoms with Crippen molar-refractivity contribution in [3.8, 4) is 5.75 Å². The Morgan fingerprint density at radius 1 is 1.08 bits per heavy atom. The van der Waals surface area contributed by atoms with Crippen LogP contribution in [0.25, 0.3) is 0 Å². The number of halogens is 4. The van der Waals surface area contributed by atoms with E-state index >= 15 is 0 Å². The zero-order valence-corrected chi connectivity index (χ0v) is 5.98. The Balaban J connectivity index is 3.36. The Bertz CT molecular complexity index is 325. The minimum atomic E-state index is -1.74. The first-order valence-electron chi connectivity index (χ1n) is 3.01. The summed E-state index contributed by atoms with van der Waals surface area (Å²) in [5.74, 6) is -8.13. The number of benzene rings is 1. The highest BCUT2D eigenvalue weighted by Crippen LogP contribution is 2.25. The zero-order chi connectivity index (χ0) is 10.0. The molecule has 0 aliphatic rings. The Kier molecular flexibility index (Phi) is 2.50. The van der Waals surface area contributed by atoms with Gasteiger partial charge < -0.3 is 4.74 Å². The van der Waals surface area contributed by atoms with Crippen LogP contribution >= 0.6 is 0 Å². The summed E-state index contributed by atoms with van der Waals surface area (Å²) in [6.07, 6.45) is 0. The molecule has 2 nitrogen and oxygen atoms in total. The Hall–Kier alpha value is -1.59. The topological polar surface area (TPSA) is 26.3 Å². The minimum Gasteiger partial charge on any atom is -0.422 e. The SMILES string of the molecule is O=COc1c(F)c(F)cc(F)c1F. The van der Waals surface area contributed by atoms with E-state index < -0.39 is 29.0 Å². The van der Waals surface area contributed by atoms with Gasteiger partial charge in [0.05, 0.1) is 0 Å². The second-order valence-electron chi connectivity index (χ2n) is 2.01. The van der Waals surface area contributed by atoms with Crippen molar-refractivity contribution in [2.45, 2.75) is 0 Å². The summed E-state index contributed by atoms with van der Waals surface area (Å²) in [6, 6.07) is 0.0162. The molecular weight excluding hydrogens is 192 g/mol. The molecule has 0 atom stereocenters. The molecule has 0 spiro atoms. The Labute approximate surface area is 69.7 Å². The van der Waals surface area contributed by atoms with Crippen LogP contribution in [0.4, 0.5) is 17.6 Å². The van der Waals surface area contributed by atoms with E-state index in [9.17, 15) is 22.4 Å². The largest absolute Gasteiger partial charge is 0.422 e. The molecule has 0 unspecified atom stereocenters. The number of rotatable bonds is 2. The molecule has 0 aliphatic carbocycles. The van der Waals surface area contributed by atoms with Gasteiger partial charge in [0.1, 0.15) is 0 Å². The summed E-state index contributed by atoms with van der Waals surface area (Å²) in [5.41, 5.74) is 0. The highest BCUT2D eigenvalue weighted by atomic mass is 19.2. The molecule has 13 heavy (non-hydrogen) atoms. The van der Waals surface area contributed by atoms with Crippen molar-refractivity contribution in [3.05, 3.63) is 29.3 Å². The van der Waals surface area contributed by atoms with Gasteiger partial charge in [0.15, 0.2) is 11.6 Å². The smallest absolute Gasteiger partial charge is 0.298 e. The van der Waals surface area contributed by atoms with Crippen molar-refractivity contribution in [2.24, 2.45) is 0 Å². The van der Waals surface area contributed by atoms with E-state index in [1.165, 1.54) is 0 Å². The van der Waals surface area contributed by atoms with Crippen LogP contribution in [0.15, 0.2) is 6.07 Å². The Morgan fingerprint density at radius 2 is 1.54 bits per heavy atom. The van der Waals surface area contributed by atoms with Gasteiger partial charge >= 0.3 is 0 Å². The molecule has 0 aliphatic heterocycles. The van der Waals surface area contributed by atoms with Crippen molar-refractivity contribution in [2.75, 3.05) is 0 Å². The lowest BCUT2D eigenvalue weighted by Crippen LogP contribution is -2.01. The van der Waals surface area contributed by atoms with E-state index in [2.05, 4.69) is 4.74 Å². The van der Waals surface area contributed by atoms with E-state index in [1.54, 1.807) is 0 Å². The molecule has 1 aromatic carbocycles. The maximum absolute atomic E-state index is 12.6. The van der Waals surface area contributed by atoms with Gasteiger partial charge in [0, 0.05) is 6.07 Å². The molecule has 0 fully saturated rings. The van der Waals surface area contributed by atoms with Gasteiger partial charge in [-0.1, -0.05) is 0 Å². The summed E-state index contributed by atoms with van der Waals surface area (Å²) < 4.78 is 53.6. The standard InChI is InChI=1S/C7H2F4O2/c8-3-1-4(9)6(11)7(5(3)10)13-2-12/h1-2H. The number of carbonyl (C=O) groups is 1. The third kappa shape index (κ3) is 1.61. The molecule has 0 N–H and O–H groups in total. The molecule has 0 radical (unpaired) electrons. The first kappa shape index (κ1) is 9.50. The lowest BCUT2D eigenvalue weighted by atomic mass is 10.3. The molecule has 0 bridgehead atoms. The number of carbonyl (C=O) groups excluding carboxylic acids is 1. The zero-order valence-electron chi connectivity index (χ0n) is 5.98. The quantitative estimate of drug-likeness (QED) is 0.407. The van der Waals surface area contributed by atoms with Crippen molar-refractivity contribution >= 4 is 6.47 Å². The number of hydrogen-bond acceptors (Lipinski definition) is 2. The second-order valence-corrected chi connectivity index (χ2v) is 2.01. The van der Waals surface area contributed by atoms with E-state index in [1.807, 2.05) is 0 Å². The first-order chi connectivity index (χ1) is 6.07. The molecule has 0 saturated carbocycles. The van der Waals surface area contributed by atoms with E-state index in [4.69, 9.17) is 0 Å². The van der Waals surface area contributed by atoms with Crippen LogP contribution < -0.4 is 4.74 Å². The lowest BCUT2D eigenvalue weighted by Gasteiger charge is -2.02. The predicted molar refractivity (Wildman–Crippen MR) is 33.0 cm³/mol. The summed E-state index contributed by atoms with van der Waals surface area (Å²) in [7, 11) is 0. The summed E-state index contributed by atoms with van der Waals surface area (Å²) in [4.78, 5) is 9.70. The fraction of sp³-hybridized carbons (Fsp3) is 0. The highest BCUT2D eigenvalue weighted by Gasteiger charge is 2.20. The summed E-state index contributed by atoms with van der Waals surface area (Å²) in [5, 5.41) is 0. The molecule has 70 valence electrons. The van der Waals surface area contributed by atoms with Gasteiger partial charge in [0.2, 0.25) is 17.4 Å². The van der Waals surface area contributed by atoms with Crippen LogP contribution in [0.2, 0.25) is 0 Å². The molecule has 0 amide bonds. The average Bonchev–Trinajstić information content (AvgIpc) is 2.09. The van der Waals surface area contributed by atoms with Crippen molar-refractivity contribution in [1.29, 1.82) is 0 Å². The van der Waals surface area contributed by atoms with Crippen LogP contribution in [-0.4, -0.2) is 6.47 Å². The van der Waals surface area contributed by atoms with Gasteiger partial charge in [-0.3, -0.25) is 4.79 Å². The van der Waals surface area contributed by atoms with Gasteiger partial charge in [-0.15, -0.1) is 0 Å². The second kappa shape index (κ2) is 3.42. The van der Waals surface area contributed by atoms with Crippen molar-refractivity contribution in [1.82, 2.24) is 0 Å². The van der Waals surface area contributed by atoms with Crippen LogP contribution in [0.5, 0.6) is 5.75 Å². The maximum atomic E-state index is 12.6. The molecule has 0 heterocycles. The minimum absolute atomic E-state index is 0.0162. The molecule has 0 aromatic heterocycles. The summed E-state index contributed by atoms with van der Waals surface area (Å²) in [6.45, 7) is -0.333. The van der Waals surface area contributed by atoms with Gasteiger partial charge in [-0.05, 0) is 0 Å². The first-order valence-corrected chi connectivity index (χ1v) is 3.01. The molecule has 0 saturated heterocycles. The van der Waals surface area contributed by atoms with Gasteiger partial charge in [-0.2, -0.15) is 8.78 Å². The van der Waals surface area contributed by atoms with Crippen LogP contribution in [-0.2, 0) is 4.79 Å². The monoisotopic (exact) mass is 194 g/mol. The number of ether oxygens (including phenoxy) is 1. The van der Waals surface area contributed by atoms with Gasteiger partial charge in [0.25, 0.3) is 6.47 Å². The van der Waals surface area contributed by atoms with Crippen LogP contribution in [0, 0.1) is 23.3 Å². The Morgan fingerprint density at radius 3 is 1.92 bits per heavy atom. The molecule has 1 rings (SSSR count). The van der Waals surface area contributed by atoms with Gasteiger partial charge in [-0.25, -0.2) is 8.78 Å². The average molecular weight is 194 g/mol. The maximum Gasteiger partial charge on any atom is 0.298 e. The third-order valence-corrected chi connectivity index (χ3v) is 1.24. The third-order valence-electron chi connectivity index (χ3n) is 1.24. The fourth-order valence-electron chi connectivity index (χ4n) is 0.703. The van der Waals surface area contributed by atoms with E-state index in [-0.39, 0.29) is 12.5 Å².